The first-order valence-electron chi connectivity index (χ1n) is 12.2. The molecule has 2 aliphatic carbocycles. The van der Waals surface area contributed by atoms with Gasteiger partial charge in [-0.3, -0.25) is 4.79 Å². The van der Waals surface area contributed by atoms with E-state index >= 15 is 0 Å². The Morgan fingerprint density at radius 3 is 2.86 bits per heavy atom. The number of aryl methyl sites for hydroxylation is 1. The van der Waals surface area contributed by atoms with E-state index in [0.717, 1.165) is 48.6 Å². The Hall–Kier alpha value is -3.87. The van der Waals surface area contributed by atoms with Gasteiger partial charge < -0.3 is 15.3 Å². The van der Waals surface area contributed by atoms with Crippen LogP contribution in [0.4, 0.5) is 0 Å². The summed E-state index contributed by atoms with van der Waals surface area (Å²) < 4.78 is 7.03. The molecule has 7 nitrogen and oxygen atoms in total. The van der Waals surface area contributed by atoms with Crippen LogP contribution < -0.4 is 10.1 Å². The van der Waals surface area contributed by atoms with Crippen LogP contribution in [0.3, 0.4) is 0 Å². The van der Waals surface area contributed by atoms with Crippen molar-refractivity contribution in [2.45, 2.75) is 57.6 Å². The molecule has 3 heterocycles. The summed E-state index contributed by atoms with van der Waals surface area (Å²) in [6.45, 7) is 2.11. The fourth-order valence-corrected chi connectivity index (χ4v) is 4.62. The molecule has 1 fully saturated rings. The summed E-state index contributed by atoms with van der Waals surface area (Å²) in [5.41, 5.74) is 4.71. The van der Waals surface area contributed by atoms with E-state index in [4.69, 9.17) is 4.74 Å². The highest BCUT2D eigenvalue weighted by molar-refractivity contribution is 5.97. The molecule has 2 aliphatic rings. The molecule has 1 saturated carbocycles. The molecular weight excluding hydrogens is 440 g/mol. The van der Waals surface area contributed by atoms with Crippen molar-refractivity contribution in [3.8, 4) is 5.88 Å². The summed E-state index contributed by atoms with van der Waals surface area (Å²) in [5, 5.41) is 13.6. The second-order valence-electron chi connectivity index (χ2n) is 9.17. The molecule has 0 aromatic carbocycles. The van der Waals surface area contributed by atoms with Gasteiger partial charge in [-0.15, -0.1) is 0 Å². The van der Waals surface area contributed by atoms with Gasteiger partial charge in [0.2, 0.25) is 5.88 Å². The number of pyridine rings is 2. The summed E-state index contributed by atoms with van der Waals surface area (Å²) in [6, 6.07) is 7.63. The number of amides is 1. The van der Waals surface area contributed by atoms with E-state index in [0.29, 0.717) is 17.1 Å². The zero-order valence-electron chi connectivity index (χ0n) is 19.9. The molecule has 1 amide bonds. The second kappa shape index (κ2) is 10.2. The van der Waals surface area contributed by atoms with E-state index in [2.05, 4.69) is 52.6 Å². The zero-order valence-corrected chi connectivity index (χ0v) is 19.9. The van der Waals surface area contributed by atoms with Crippen LogP contribution in [0, 0.1) is 0 Å². The van der Waals surface area contributed by atoms with Crippen molar-refractivity contribution in [1.82, 2.24) is 20.0 Å². The van der Waals surface area contributed by atoms with Crippen molar-refractivity contribution in [2.24, 2.45) is 0 Å². The first-order chi connectivity index (χ1) is 17.1. The van der Waals surface area contributed by atoms with Crippen molar-refractivity contribution >= 4 is 16.9 Å². The van der Waals surface area contributed by atoms with E-state index in [9.17, 15) is 10.0 Å². The number of carbonyl (C=O) groups excluding carboxylic acids is 1. The molecule has 0 bridgehead atoms. The highest BCUT2D eigenvalue weighted by atomic mass is 16.5. The van der Waals surface area contributed by atoms with Gasteiger partial charge in [-0.2, -0.15) is 4.73 Å². The van der Waals surface area contributed by atoms with Crippen LogP contribution in [0.1, 0.15) is 54.9 Å². The van der Waals surface area contributed by atoms with Gasteiger partial charge in [0.25, 0.3) is 5.91 Å². The molecule has 2 N–H and O–H groups in total. The third kappa shape index (κ3) is 5.45. The summed E-state index contributed by atoms with van der Waals surface area (Å²) in [5.74, 6) is 0.534. The third-order valence-corrected chi connectivity index (χ3v) is 6.64. The molecule has 0 radical (unpaired) electrons. The Balaban J connectivity index is 1.15. The molecule has 5 rings (SSSR count). The number of allylic oxidation sites excluding steroid dienone is 4. The van der Waals surface area contributed by atoms with Crippen molar-refractivity contribution < 1.29 is 14.7 Å². The average Bonchev–Trinajstić information content (AvgIpc) is 3.26. The van der Waals surface area contributed by atoms with Gasteiger partial charge in [0.05, 0.1) is 5.56 Å². The van der Waals surface area contributed by atoms with Crippen molar-refractivity contribution in [1.29, 1.82) is 0 Å². The minimum Gasteiger partial charge on any atom is -0.470 e. The SMILES string of the molecule is CCc1ccc(OC2C=C(C=C3CCC(NC(=O)c4cnc5c(ccn5O)c4)CC3)C=CC2)nc1. The Bertz CT molecular complexity index is 1290. The molecule has 180 valence electrons. The molecule has 35 heavy (non-hydrogen) atoms. The minimum atomic E-state index is -0.124. The van der Waals surface area contributed by atoms with Crippen LogP contribution in [0.25, 0.3) is 11.0 Å². The highest BCUT2D eigenvalue weighted by Crippen LogP contribution is 2.27. The van der Waals surface area contributed by atoms with Crippen molar-refractivity contribution in [3.05, 3.63) is 89.4 Å². The van der Waals surface area contributed by atoms with Crippen molar-refractivity contribution in [3.63, 3.8) is 0 Å². The molecular formula is C28H30N4O3. The van der Waals surface area contributed by atoms with Gasteiger partial charge in [0.15, 0.2) is 5.65 Å². The van der Waals surface area contributed by atoms with Crippen LogP contribution in [0.15, 0.2) is 78.3 Å². The number of rotatable bonds is 6. The first kappa shape index (κ1) is 22.9. The average molecular weight is 471 g/mol. The third-order valence-electron chi connectivity index (χ3n) is 6.64. The van der Waals surface area contributed by atoms with E-state index in [-0.39, 0.29) is 18.1 Å². The lowest BCUT2D eigenvalue weighted by atomic mass is 9.88. The molecule has 0 spiro atoms. The number of hydrogen-bond donors (Lipinski definition) is 2. The lowest BCUT2D eigenvalue weighted by molar-refractivity contribution is 0.0930. The van der Waals surface area contributed by atoms with Gasteiger partial charge in [0, 0.05) is 42.5 Å². The van der Waals surface area contributed by atoms with Crippen LogP contribution in [-0.2, 0) is 6.42 Å². The van der Waals surface area contributed by atoms with Gasteiger partial charge in [0.1, 0.15) is 6.10 Å². The normalized spacial score (nSPS) is 19.9. The molecule has 3 aromatic heterocycles. The number of aromatic nitrogens is 3. The fraction of sp³-hybridized carbons (Fsp3) is 0.321. The van der Waals surface area contributed by atoms with Crippen LogP contribution in [-0.4, -0.2) is 38.0 Å². The zero-order chi connectivity index (χ0) is 24.2. The van der Waals surface area contributed by atoms with E-state index in [1.807, 2.05) is 12.3 Å². The van der Waals surface area contributed by atoms with Gasteiger partial charge >= 0.3 is 0 Å². The molecule has 1 atom stereocenters. The topological polar surface area (TPSA) is 89.3 Å². The number of fused-ring (bicyclic) bond motifs is 1. The summed E-state index contributed by atoms with van der Waals surface area (Å²) in [7, 11) is 0. The lowest BCUT2D eigenvalue weighted by Gasteiger charge is -2.25. The second-order valence-corrected chi connectivity index (χ2v) is 9.17. The number of hydrogen-bond acceptors (Lipinski definition) is 5. The number of nitrogens with zero attached hydrogens (tertiary/aromatic N) is 3. The summed E-state index contributed by atoms with van der Waals surface area (Å²) >= 11 is 0. The number of nitrogens with one attached hydrogen (secondary N) is 1. The van der Waals surface area contributed by atoms with Crippen LogP contribution in [0.2, 0.25) is 0 Å². The predicted octanol–water partition coefficient (Wildman–Crippen LogP) is 5.16. The quantitative estimate of drug-likeness (QED) is 0.486. The highest BCUT2D eigenvalue weighted by Gasteiger charge is 2.20. The maximum absolute atomic E-state index is 12.7. The maximum atomic E-state index is 12.7. The molecule has 0 saturated heterocycles. The fourth-order valence-electron chi connectivity index (χ4n) is 4.62. The molecule has 3 aromatic rings. The summed E-state index contributed by atoms with van der Waals surface area (Å²) in [6.07, 6.45) is 19.1. The van der Waals surface area contributed by atoms with Crippen LogP contribution in [0.5, 0.6) is 5.88 Å². The van der Waals surface area contributed by atoms with Crippen molar-refractivity contribution in [2.75, 3.05) is 0 Å². The molecule has 1 unspecified atom stereocenters. The number of carbonyl (C=O) groups is 1. The molecule has 7 heteroatoms. The smallest absolute Gasteiger partial charge is 0.253 e. The summed E-state index contributed by atoms with van der Waals surface area (Å²) in [4.78, 5) is 21.3. The van der Waals surface area contributed by atoms with E-state index < -0.39 is 0 Å². The Kier molecular flexibility index (Phi) is 6.66. The Labute approximate surface area is 204 Å². The van der Waals surface area contributed by atoms with Gasteiger partial charge in [-0.1, -0.05) is 36.8 Å². The van der Waals surface area contributed by atoms with Gasteiger partial charge in [-0.25, -0.2) is 9.97 Å². The predicted molar refractivity (Wildman–Crippen MR) is 135 cm³/mol. The lowest BCUT2D eigenvalue weighted by Crippen LogP contribution is -2.36. The first-order valence-corrected chi connectivity index (χ1v) is 12.2. The Morgan fingerprint density at radius 1 is 1.23 bits per heavy atom. The molecule has 0 aliphatic heterocycles. The maximum Gasteiger partial charge on any atom is 0.253 e. The standard InChI is InChI=1S/C28H30N4O3/c1-2-19-8-11-26(29-17-19)35-25-5-3-4-21(15-25)14-20-6-9-24(10-7-20)31-28(33)23-16-22-12-13-32(34)27(22)30-18-23/h3-4,8,11-18,24-25,34H,2,5-7,9-10H2,1H3,(H,31,33). The van der Waals surface area contributed by atoms with E-state index in [1.165, 1.54) is 29.1 Å². The Morgan fingerprint density at radius 2 is 2.09 bits per heavy atom. The van der Waals surface area contributed by atoms with Gasteiger partial charge in [-0.05, 0) is 61.4 Å². The monoisotopic (exact) mass is 470 g/mol. The van der Waals surface area contributed by atoms with Crippen LogP contribution >= 0.6 is 0 Å². The number of ether oxygens (including phenoxy) is 1. The minimum absolute atomic E-state index is 0.0175. The largest absolute Gasteiger partial charge is 0.470 e. The van der Waals surface area contributed by atoms with E-state index in [1.54, 1.807) is 12.1 Å².